The van der Waals surface area contributed by atoms with Crippen molar-refractivity contribution in [2.45, 2.75) is 111 Å². The fraction of sp³-hybridized carbons (Fsp3) is 0.308. The van der Waals surface area contributed by atoms with Crippen LogP contribution < -0.4 is 25.6 Å². The first kappa shape index (κ1) is 58.4. The third-order valence-electron chi connectivity index (χ3n) is 15.4. The number of carboxylic acids is 1. The quantitative estimate of drug-likeness (QED) is 0.0588. The number of rotatable bonds is 18. The molecule has 0 saturated carbocycles. The molecule has 4 atom stereocenters. The van der Waals surface area contributed by atoms with E-state index in [-0.39, 0.29) is 42.8 Å². The number of amides is 4. The number of para-hydroxylation sites is 1. The van der Waals surface area contributed by atoms with Crippen LogP contribution >= 0.6 is 22.7 Å². The third-order valence-corrected chi connectivity index (χ3v) is 17.3. The number of nitrogens with zero attached hydrogens (tertiary/aromatic N) is 5. The second-order valence-electron chi connectivity index (χ2n) is 22.4. The predicted molar refractivity (Wildman–Crippen MR) is 325 cm³/mol. The summed E-state index contributed by atoms with van der Waals surface area (Å²) in [5.74, 6) is -1.51. The molecule has 0 aliphatic carbocycles. The summed E-state index contributed by atoms with van der Waals surface area (Å²) in [5, 5.41) is 20.1. The topological polar surface area (TPSA) is 222 Å². The van der Waals surface area contributed by atoms with E-state index in [0.29, 0.717) is 71.5 Å². The molecule has 4 amide bonds. The maximum atomic E-state index is 14.5. The van der Waals surface area contributed by atoms with Crippen LogP contribution in [0.3, 0.4) is 0 Å². The largest absolute Gasteiger partial charge is 0.476 e. The average Bonchev–Trinajstić information content (AvgIpc) is 4.00. The van der Waals surface area contributed by atoms with Crippen LogP contribution in [0.2, 0.25) is 0 Å². The van der Waals surface area contributed by atoms with Gasteiger partial charge in [0.25, 0.3) is 5.91 Å². The lowest BCUT2D eigenvalue weighted by atomic mass is 9.85. The number of aryl methyl sites for hydroxylation is 2. The Hall–Kier alpha value is -8.81. The van der Waals surface area contributed by atoms with Gasteiger partial charge in [0.15, 0.2) is 10.8 Å². The van der Waals surface area contributed by atoms with E-state index in [1.54, 1.807) is 23.5 Å². The van der Waals surface area contributed by atoms with Gasteiger partial charge < -0.3 is 35.0 Å². The minimum Gasteiger partial charge on any atom is -0.476 e. The number of thiazole rings is 2. The number of carboxylic acid groups (broad SMARTS) is 1. The lowest BCUT2D eigenvalue weighted by Gasteiger charge is -2.35. The van der Waals surface area contributed by atoms with Crippen LogP contribution in [-0.2, 0) is 43.3 Å². The van der Waals surface area contributed by atoms with E-state index in [1.807, 2.05) is 161 Å². The smallest absolute Gasteiger partial charge is 0.355 e. The summed E-state index contributed by atoms with van der Waals surface area (Å²) in [5.41, 5.74) is 9.82. The van der Waals surface area contributed by atoms with Crippen LogP contribution in [0.15, 0.2) is 127 Å². The van der Waals surface area contributed by atoms with E-state index in [4.69, 9.17) is 14.5 Å². The Morgan fingerprint density at radius 3 is 2.32 bits per heavy atom. The zero-order valence-electron chi connectivity index (χ0n) is 47.9. The first-order valence-corrected chi connectivity index (χ1v) is 29.7. The van der Waals surface area contributed by atoms with Crippen molar-refractivity contribution in [3.05, 3.63) is 172 Å². The van der Waals surface area contributed by atoms with Gasteiger partial charge in [-0.25, -0.2) is 19.7 Å². The molecule has 0 radical (unpaired) electrons. The molecular formula is C65H66N8O9S2. The second-order valence-corrected chi connectivity index (χ2v) is 24.3. The van der Waals surface area contributed by atoms with E-state index in [1.165, 1.54) is 23.2 Å². The molecule has 2 aliphatic heterocycles. The standard InChI is InChI=1S/C65H66N8O9S2/c1-37-47(48-29-30-55(69-57(48)63(79)80)72-32-31-43-14-11-16-49(50(43)35-72)60(76)71-64-68-51-17-8-9-19-54(51)84-64)15-12-18-53(37)82-45-27-21-41(22-28-45)13-10-20-56(75)70-59(65(5,6)7)62(78)73-34-46(81-40(4)74)33-52(73)61(77)67-38(2)42-23-25-44(26-24-42)58-39(3)66-36-83-58/h8-9,11-12,14-19,21-30,36,38,46,52,59H,10,13,20,31-35H2,1-7H3,(H,67,77)(H,70,75)(H,79,80)(H,68,71,76)/t38?,46-,52+,59?/m1/s1. The Labute approximate surface area is 495 Å². The number of esters is 1. The fourth-order valence-electron chi connectivity index (χ4n) is 11.0. The number of hydrogen-bond acceptors (Lipinski definition) is 14. The van der Waals surface area contributed by atoms with Gasteiger partial charge in [0.2, 0.25) is 17.7 Å². The predicted octanol–water partition coefficient (Wildman–Crippen LogP) is 11.7. The van der Waals surface area contributed by atoms with E-state index in [2.05, 4.69) is 25.9 Å². The van der Waals surface area contributed by atoms with Crippen LogP contribution in [0, 0.1) is 19.3 Å². The number of aromatic nitrogens is 3. The van der Waals surface area contributed by atoms with Crippen LogP contribution in [0.25, 0.3) is 31.8 Å². The Morgan fingerprint density at radius 2 is 1.61 bits per heavy atom. The highest BCUT2D eigenvalue weighted by Crippen LogP contribution is 2.37. The van der Waals surface area contributed by atoms with Crippen molar-refractivity contribution in [2.24, 2.45) is 5.41 Å². The van der Waals surface area contributed by atoms with Crippen molar-refractivity contribution in [2.75, 3.05) is 23.3 Å². The van der Waals surface area contributed by atoms with Crippen LogP contribution in [-0.4, -0.2) is 91.8 Å². The molecular weight excluding hydrogens is 1100 g/mol. The molecule has 3 aromatic heterocycles. The van der Waals surface area contributed by atoms with Crippen molar-refractivity contribution in [3.8, 4) is 33.1 Å². The van der Waals surface area contributed by atoms with E-state index in [9.17, 15) is 33.9 Å². The molecule has 5 aromatic carbocycles. The Morgan fingerprint density at radius 1 is 0.845 bits per heavy atom. The highest BCUT2D eigenvalue weighted by Gasteiger charge is 2.46. The first-order chi connectivity index (χ1) is 40.3. The highest BCUT2D eigenvalue weighted by molar-refractivity contribution is 7.22. The molecule has 19 heteroatoms. The van der Waals surface area contributed by atoms with Crippen molar-refractivity contribution >= 4 is 79.4 Å². The van der Waals surface area contributed by atoms with Crippen LogP contribution in [0.1, 0.15) is 114 Å². The van der Waals surface area contributed by atoms with Crippen molar-refractivity contribution < 1.29 is 43.3 Å². The second kappa shape index (κ2) is 25.0. The summed E-state index contributed by atoms with van der Waals surface area (Å²) >= 11 is 2.97. The van der Waals surface area contributed by atoms with E-state index < -0.39 is 47.5 Å². The normalized spacial score (nSPS) is 15.7. The SMILES string of the molecule is CC(=O)O[C@@H]1C[C@@H](C(=O)NC(C)c2ccc(-c3scnc3C)cc2)N(C(=O)C(NC(=O)CCCc2ccc(Oc3cccc(-c4ccc(N5CCc6cccc(C(=O)Nc7nc8ccccc8s7)c6C5)nc4C(=O)O)c3C)cc2)C(C)(C)C)C1. The number of nitrogens with one attached hydrogen (secondary N) is 3. The number of aromatic carboxylic acids is 1. The van der Waals surface area contributed by atoms with E-state index in [0.717, 1.165) is 54.2 Å². The summed E-state index contributed by atoms with van der Waals surface area (Å²) in [4.78, 5) is 99.1. The van der Waals surface area contributed by atoms with Crippen LogP contribution in [0.5, 0.6) is 11.5 Å². The number of likely N-dealkylation sites (tertiary alicyclic amines) is 1. The number of fused-ring (bicyclic) bond motifs is 2. The number of pyridine rings is 1. The minimum atomic E-state index is -1.18. The van der Waals surface area contributed by atoms with E-state index >= 15 is 0 Å². The summed E-state index contributed by atoms with van der Waals surface area (Å²) in [6.45, 7) is 13.5. The third kappa shape index (κ3) is 13.2. The first-order valence-electron chi connectivity index (χ1n) is 28.0. The Balaban J connectivity index is 0.747. The number of carbonyl (C=O) groups excluding carboxylic acids is 5. The molecule has 10 rings (SSSR count). The van der Waals surface area contributed by atoms with Gasteiger partial charge in [-0.3, -0.25) is 29.3 Å². The van der Waals surface area contributed by atoms with Gasteiger partial charge in [-0.15, -0.1) is 11.3 Å². The average molecular weight is 1170 g/mol. The molecule has 8 aromatic rings. The fourth-order valence-corrected chi connectivity index (χ4v) is 12.6. The highest BCUT2D eigenvalue weighted by atomic mass is 32.1. The number of carbonyl (C=O) groups is 6. The molecule has 0 spiro atoms. The van der Waals surface area contributed by atoms with Gasteiger partial charge in [-0.1, -0.05) is 105 Å². The summed E-state index contributed by atoms with van der Waals surface area (Å²) < 4.78 is 12.9. The molecule has 84 heavy (non-hydrogen) atoms. The van der Waals surface area contributed by atoms with Crippen molar-refractivity contribution in [1.82, 2.24) is 30.5 Å². The molecule has 17 nitrogen and oxygen atoms in total. The molecule has 2 unspecified atom stereocenters. The monoisotopic (exact) mass is 1170 g/mol. The lowest BCUT2D eigenvalue weighted by molar-refractivity contribution is -0.147. The summed E-state index contributed by atoms with van der Waals surface area (Å²) in [7, 11) is 0. The molecule has 2 aliphatic rings. The number of hydrogen-bond donors (Lipinski definition) is 4. The van der Waals surface area contributed by atoms with Gasteiger partial charge >= 0.3 is 11.9 Å². The van der Waals surface area contributed by atoms with Crippen LogP contribution in [0.4, 0.5) is 10.9 Å². The maximum absolute atomic E-state index is 14.5. The Bertz CT molecular complexity index is 3760. The minimum absolute atomic E-state index is 0.00769. The van der Waals surface area contributed by atoms with Gasteiger partial charge in [0.1, 0.15) is 35.5 Å². The molecule has 1 saturated heterocycles. The molecule has 4 N–H and O–H groups in total. The maximum Gasteiger partial charge on any atom is 0.355 e. The molecule has 432 valence electrons. The van der Waals surface area contributed by atoms with Crippen molar-refractivity contribution in [1.29, 1.82) is 0 Å². The molecule has 1 fully saturated rings. The number of ether oxygens (including phenoxy) is 2. The summed E-state index contributed by atoms with van der Waals surface area (Å²) in [6.07, 6.45) is 1.24. The summed E-state index contributed by atoms with van der Waals surface area (Å²) in [6, 6.07) is 35.6. The van der Waals surface area contributed by atoms with Gasteiger partial charge in [0.05, 0.1) is 38.9 Å². The number of anilines is 2. The zero-order chi connectivity index (χ0) is 59.4. The molecule has 5 heterocycles. The lowest BCUT2D eigenvalue weighted by Crippen LogP contribution is -2.57. The molecule has 0 bridgehead atoms. The Kier molecular flexibility index (Phi) is 17.3. The van der Waals surface area contributed by atoms with Gasteiger partial charge in [-0.2, -0.15) is 0 Å². The van der Waals surface area contributed by atoms with Crippen molar-refractivity contribution in [3.63, 3.8) is 0 Å². The number of benzene rings is 5. The van der Waals surface area contributed by atoms with Gasteiger partial charge in [-0.05, 0) is 133 Å². The van der Waals surface area contributed by atoms with Gasteiger partial charge in [0, 0.05) is 44.0 Å². The zero-order valence-corrected chi connectivity index (χ0v) is 49.5.